The van der Waals surface area contributed by atoms with Crippen molar-refractivity contribution in [1.82, 2.24) is 16.0 Å². The minimum atomic E-state index is -2.96. The lowest BCUT2D eigenvalue weighted by Gasteiger charge is -2.12. The predicted molar refractivity (Wildman–Crippen MR) is 86.5 cm³/mol. The molecule has 2 aliphatic rings. The van der Waals surface area contributed by atoms with Gasteiger partial charge in [-0.2, -0.15) is 0 Å². The molecule has 0 aromatic heterocycles. The summed E-state index contributed by atoms with van der Waals surface area (Å²) in [6.45, 7) is 5.35. The van der Waals surface area contributed by atoms with Gasteiger partial charge in [-0.3, -0.25) is 9.79 Å². The molecule has 0 aromatic carbocycles. The molecule has 0 bridgehead atoms. The Morgan fingerprint density at radius 3 is 2.59 bits per heavy atom. The summed E-state index contributed by atoms with van der Waals surface area (Å²) >= 11 is 0. The number of hydrogen-bond acceptors (Lipinski definition) is 4. The van der Waals surface area contributed by atoms with Crippen LogP contribution in [0.1, 0.15) is 33.1 Å². The van der Waals surface area contributed by atoms with Crippen molar-refractivity contribution in [3.05, 3.63) is 0 Å². The molecule has 2 fully saturated rings. The van der Waals surface area contributed by atoms with Gasteiger partial charge in [0, 0.05) is 25.0 Å². The number of rotatable bonds is 6. The first-order valence-corrected chi connectivity index (χ1v) is 9.76. The maximum Gasteiger partial charge on any atom is 0.222 e. The van der Waals surface area contributed by atoms with Crippen LogP contribution in [0.15, 0.2) is 4.99 Å². The molecule has 2 rings (SSSR count). The standard InChI is InChI=1S/C14H26N4O3S/c1-3-15-14(18-12-8-10(12)2)16-6-4-13(19)17-11-5-7-22(20,21)9-11/h10-12H,3-9H2,1-2H3,(H,17,19)(H2,15,16,18). The quantitative estimate of drug-likeness (QED) is 0.456. The smallest absolute Gasteiger partial charge is 0.222 e. The topological polar surface area (TPSA) is 99.7 Å². The first-order valence-electron chi connectivity index (χ1n) is 7.94. The molecule has 3 unspecified atom stereocenters. The first kappa shape index (κ1) is 17.1. The Labute approximate surface area is 132 Å². The molecular formula is C14H26N4O3S. The number of hydrogen-bond donors (Lipinski definition) is 3. The number of nitrogens with one attached hydrogen (secondary N) is 3. The van der Waals surface area contributed by atoms with E-state index < -0.39 is 9.84 Å². The molecule has 8 heteroatoms. The molecule has 3 N–H and O–H groups in total. The maximum absolute atomic E-state index is 11.8. The van der Waals surface area contributed by atoms with Crippen LogP contribution in [0.5, 0.6) is 0 Å². The number of amides is 1. The van der Waals surface area contributed by atoms with Gasteiger partial charge in [-0.05, 0) is 25.7 Å². The summed E-state index contributed by atoms with van der Waals surface area (Å²) in [5.41, 5.74) is 0. The molecule has 0 radical (unpaired) electrons. The van der Waals surface area contributed by atoms with Crippen molar-refractivity contribution in [2.45, 2.75) is 45.2 Å². The van der Waals surface area contributed by atoms with E-state index in [4.69, 9.17) is 0 Å². The van der Waals surface area contributed by atoms with Gasteiger partial charge in [0.25, 0.3) is 0 Å². The fraction of sp³-hybridized carbons (Fsp3) is 0.857. The van der Waals surface area contributed by atoms with Crippen LogP contribution < -0.4 is 16.0 Å². The zero-order valence-corrected chi connectivity index (χ0v) is 14.1. The molecule has 0 aromatic rings. The fourth-order valence-corrected chi connectivity index (χ4v) is 4.17. The van der Waals surface area contributed by atoms with E-state index >= 15 is 0 Å². The molecule has 1 saturated carbocycles. The van der Waals surface area contributed by atoms with Gasteiger partial charge in [-0.25, -0.2) is 8.42 Å². The third-order valence-corrected chi connectivity index (χ3v) is 5.75. The lowest BCUT2D eigenvalue weighted by molar-refractivity contribution is -0.121. The summed E-state index contributed by atoms with van der Waals surface area (Å²) in [5.74, 6) is 1.52. The Kier molecular flexibility index (Phi) is 5.66. The maximum atomic E-state index is 11.8. The summed E-state index contributed by atoms with van der Waals surface area (Å²) < 4.78 is 22.7. The van der Waals surface area contributed by atoms with E-state index in [1.807, 2.05) is 6.92 Å². The van der Waals surface area contributed by atoms with E-state index in [9.17, 15) is 13.2 Å². The highest BCUT2D eigenvalue weighted by Gasteiger charge is 2.33. The SMILES string of the molecule is CCNC(=NCCC(=O)NC1CCS(=O)(=O)C1)NC1CC1C. The van der Waals surface area contributed by atoms with Crippen LogP contribution in [0.2, 0.25) is 0 Å². The van der Waals surface area contributed by atoms with Crippen LogP contribution in [0.4, 0.5) is 0 Å². The minimum Gasteiger partial charge on any atom is -0.357 e. The predicted octanol–water partition coefficient (Wildman–Crippen LogP) is -0.357. The molecular weight excluding hydrogens is 304 g/mol. The lowest BCUT2D eigenvalue weighted by atomic mass is 10.2. The van der Waals surface area contributed by atoms with Crippen LogP contribution in [0.3, 0.4) is 0 Å². The summed E-state index contributed by atoms with van der Waals surface area (Å²) in [6, 6.07) is 0.246. The van der Waals surface area contributed by atoms with Gasteiger partial charge in [-0.1, -0.05) is 6.92 Å². The lowest BCUT2D eigenvalue weighted by Crippen LogP contribution is -2.39. The Balaban J connectivity index is 1.71. The minimum absolute atomic E-state index is 0.0613. The molecule has 3 atom stereocenters. The first-order chi connectivity index (χ1) is 10.4. The van der Waals surface area contributed by atoms with Gasteiger partial charge in [-0.15, -0.1) is 0 Å². The van der Waals surface area contributed by atoms with Crippen molar-refractivity contribution in [1.29, 1.82) is 0 Å². The van der Waals surface area contributed by atoms with Crippen molar-refractivity contribution in [3.63, 3.8) is 0 Å². The van der Waals surface area contributed by atoms with Gasteiger partial charge in [0.2, 0.25) is 5.91 Å². The van der Waals surface area contributed by atoms with Gasteiger partial charge in [0.1, 0.15) is 0 Å². The van der Waals surface area contributed by atoms with Gasteiger partial charge in [0.15, 0.2) is 15.8 Å². The molecule has 1 heterocycles. The fourth-order valence-electron chi connectivity index (χ4n) is 2.50. The molecule has 7 nitrogen and oxygen atoms in total. The Bertz CT molecular complexity index is 532. The monoisotopic (exact) mass is 330 g/mol. The molecule has 0 spiro atoms. The highest BCUT2D eigenvalue weighted by Crippen LogP contribution is 2.28. The van der Waals surface area contributed by atoms with E-state index in [0.29, 0.717) is 24.9 Å². The summed E-state index contributed by atoms with van der Waals surface area (Å²) in [6.07, 6.45) is 1.94. The molecule has 22 heavy (non-hydrogen) atoms. The van der Waals surface area contributed by atoms with Crippen LogP contribution in [-0.2, 0) is 14.6 Å². The summed E-state index contributed by atoms with van der Waals surface area (Å²) in [5, 5.41) is 9.26. The third-order valence-electron chi connectivity index (χ3n) is 3.98. The molecule has 1 saturated heterocycles. The molecule has 1 aliphatic carbocycles. The largest absolute Gasteiger partial charge is 0.357 e. The number of guanidine groups is 1. The number of nitrogens with zero attached hydrogens (tertiary/aromatic N) is 1. The molecule has 1 amide bonds. The average Bonchev–Trinajstić information content (AvgIpc) is 3.00. The molecule has 126 valence electrons. The van der Waals surface area contributed by atoms with Crippen molar-refractivity contribution in [2.24, 2.45) is 10.9 Å². The Morgan fingerprint density at radius 1 is 1.32 bits per heavy atom. The van der Waals surface area contributed by atoms with Crippen LogP contribution in [0.25, 0.3) is 0 Å². The van der Waals surface area contributed by atoms with Crippen LogP contribution in [-0.4, -0.2) is 57.0 Å². The normalized spacial score (nSPS) is 29.9. The highest BCUT2D eigenvalue weighted by molar-refractivity contribution is 7.91. The van der Waals surface area contributed by atoms with E-state index in [0.717, 1.165) is 18.9 Å². The number of carbonyl (C=O) groups is 1. The van der Waals surface area contributed by atoms with E-state index in [2.05, 4.69) is 27.9 Å². The Hall–Kier alpha value is -1.31. The summed E-state index contributed by atoms with van der Waals surface area (Å²) in [7, 11) is -2.96. The molecule has 1 aliphatic heterocycles. The zero-order valence-electron chi connectivity index (χ0n) is 13.3. The second-order valence-electron chi connectivity index (χ2n) is 6.14. The number of carbonyl (C=O) groups excluding carboxylic acids is 1. The van der Waals surface area contributed by atoms with E-state index in [1.165, 1.54) is 0 Å². The van der Waals surface area contributed by atoms with Crippen LogP contribution >= 0.6 is 0 Å². The van der Waals surface area contributed by atoms with Crippen molar-refractivity contribution in [2.75, 3.05) is 24.6 Å². The van der Waals surface area contributed by atoms with Gasteiger partial charge < -0.3 is 16.0 Å². The summed E-state index contributed by atoms with van der Waals surface area (Å²) in [4.78, 5) is 16.2. The second kappa shape index (κ2) is 7.30. The second-order valence-corrected chi connectivity index (χ2v) is 8.37. The van der Waals surface area contributed by atoms with Gasteiger partial charge >= 0.3 is 0 Å². The van der Waals surface area contributed by atoms with Crippen molar-refractivity contribution >= 4 is 21.7 Å². The Morgan fingerprint density at radius 2 is 2.05 bits per heavy atom. The van der Waals surface area contributed by atoms with E-state index in [-0.39, 0.29) is 29.9 Å². The van der Waals surface area contributed by atoms with Crippen LogP contribution in [0, 0.1) is 5.92 Å². The third kappa shape index (κ3) is 5.47. The van der Waals surface area contributed by atoms with Crippen molar-refractivity contribution in [3.8, 4) is 0 Å². The number of sulfone groups is 1. The highest BCUT2D eigenvalue weighted by atomic mass is 32.2. The number of aliphatic imine (C=N–C) groups is 1. The van der Waals surface area contributed by atoms with Crippen molar-refractivity contribution < 1.29 is 13.2 Å². The average molecular weight is 330 g/mol. The zero-order chi connectivity index (χ0) is 16.2. The van der Waals surface area contributed by atoms with E-state index in [1.54, 1.807) is 0 Å². The van der Waals surface area contributed by atoms with Gasteiger partial charge in [0.05, 0.1) is 18.1 Å².